The van der Waals surface area contributed by atoms with Crippen LogP contribution in [0, 0.1) is 10.1 Å². The number of thiazole rings is 1. The van der Waals surface area contributed by atoms with Gasteiger partial charge in [0.15, 0.2) is 5.13 Å². The number of aromatic nitrogens is 1. The zero-order valence-electron chi connectivity index (χ0n) is 15.8. The molecule has 0 unspecified atom stereocenters. The predicted octanol–water partition coefficient (Wildman–Crippen LogP) is 4.07. The van der Waals surface area contributed by atoms with Gasteiger partial charge in [0.1, 0.15) is 5.75 Å². The number of carbonyl (C=O) groups excluding carboxylic acids is 1. The summed E-state index contributed by atoms with van der Waals surface area (Å²) in [4.78, 5) is 31.1. The molecule has 12 heteroatoms. The third kappa shape index (κ3) is 4.68. The highest BCUT2D eigenvalue weighted by Gasteiger charge is 2.31. The maximum Gasteiger partial charge on any atom is 0.573 e. The third-order valence-electron chi connectivity index (χ3n) is 4.72. The van der Waals surface area contributed by atoms with E-state index >= 15 is 0 Å². The largest absolute Gasteiger partial charge is 0.573 e. The molecule has 1 aromatic heterocycles. The van der Waals surface area contributed by atoms with Crippen LogP contribution in [0.1, 0.15) is 10.4 Å². The topological polar surface area (TPSA) is 88.8 Å². The molecule has 162 valence electrons. The molecule has 2 aromatic carbocycles. The molecular formula is C19H15F3N4O4S. The van der Waals surface area contributed by atoms with Gasteiger partial charge in [0.25, 0.3) is 11.6 Å². The van der Waals surface area contributed by atoms with Crippen molar-refractivity contribution in [2.45, 2.75) is 6.36 Å². The Labute approximate surface area is 177 Å². The maximum atomic E-state index is 12.7. The molecule has 0 bridgehead atoms. The summed E-state index contributed by atoms with van der Waals surface area (Å²) in [5, 5.41) is 11.6. The third-order valence-corrected chi connectivity index (χ3v) is 5.80. The molecular weight excluding hydrogens is 437 g/mol. The second kappa shape index (κ2) is 8.02. The van der Waals surface area contributed by atoms with E-state index in [0.717, 1.165) is 0 Å². The number of hydrogen-bond donors (Lipinski definition) is 0. The quantitative estimate of drug-likeness (QED) is 0.438. The van der Waals surface area contributed by atoms with Crippen molar-refractivity contribution in [2.24, 2.45) is 0 Å². The van der Waals surface area contributed by atoms with Gasteiger partial charge < -0.3 is 14.5 Å². The minimum atomic E-state index is -4.76. The van der Waals surface area contributed by atoms with Crippen LogP contribution in [0.4, 0.5) is 24.0 Å². The Hall–Kier alpha value is -3.41. The Morgan fingerprint density at radius 2 is 1.87 bits per heavy atom. The van der Waals surface area contributed by atoms with Crippen molar-refractivity contribution in [3.8, 4) is 5.75 Å². The Balaban J connectivity index is 1.43. The number of nitro groups is 1. The van der Waals surface area contributed by atoms with E-state index in [2.05, 4.69) is 9.72 Å². The fourth-order valence-corrected chi connectivity index (χ4v) is 4.31. The summed E-state index contributed by atoms with van der Waals surface area (Å²) in [6.45, 7) is 1.73. The first kappa shape index (κ1) is 20.8. The van der Waals surface area contributed by atoms with Gasteiger partial charge in [-0.25, -0.2) is 4.98 Å². The number of ether oxygens (including phenoxy) is 1. The standard InChI is InChI=1S/C19H15F3N4O4S/c20-19(21,22)30-14-4-5-15-16(11-14)31-18(23-15)25-8-6-24(7-9-25)17(27)12-2-1-3-13(10-12)26(28)29/h1-5,10-11H,6-9H2. The molecule has 2 heterocycles. The Morgan fingerprint density at radius 3 is 2.55 bits per heavy atom. The molecule has 0 radical (unpaired) electrons. The number of nitrogens with zero attached hydrogens (tertiary/aromatic N) is 4. The van der Waals surface area contributed by atoms with Crippen LogP contribution >= 0.6 is 11.3 Å². The van der Waals surface area contributed by atoms with Gasteiger partial charge in [-0.1, -0.05) is 17.4 Å². The minimum Gasteiger partial charge on any atom is -0.406 e. The number of carbonyl (C=O) groups is 1. The fraction of sp³-hybridized carbons (Fsp3) is 0.263. The van der Waals surface area contributed by atoms with Crippen LogP contribution in [0.5, 0.6) is 5.75 Å². The van der Waals surface area contributed by atoms with E-state index in [-0.39, 0.29) is 22.9 Å². The number of nitro benzene ring substituents is 1. The summed E-state index contributed by atoms with van der Waals surface area (Å²) < 4.78 is 41.8. The summed E-state index contributed by atoms with van der Waals surface area (Å²) in [5.41, 5.74) is 0.664. The van der Waals surface area contributed by atoms with Crippen LogP contribution in [0.15, 0.2) is 42.5 Å². The van der Waals surface area contributed by atoms with E-state index < -0.39 is 11.3 Å². The molecule has 1 aliphatic heterocycles. The van der Waals surface area contributed by atoms with Crippen molar-refractivity contribution in [1.82, 2.24) is 9.88 Å². The first-order valence-corrected chi connectivity index (χ1v) is 9.96. The molecule has 0 saturated carbocycles. The van der Waals surface area contributed by atoms with Crippen LogP contribution in [-0.4, -0.2) is 53.3 Å². The van der Waals surface area contributed by atoms with Crippen LogP contribution in [-0.2, 0) is 0 Å². The zero-order valence-corrected chi connectivity index (χ0v) is 16.7. The molecule has 3 aromatic rings. The average Bonchev–Trinajstić information content (AvgIpc) is 3.15. The summed E-state index contributed by atoms with van der Waals surface area (Å²) >= 11 is 1.24. The summed E-state index contributed by atoms with van der Waals surface area (Å²) in [5.74, 6) is -0.593. The average molecular weight is 452 g/mol. The molecule has 0 atom stereocenters. The molecule has 1 aliphatic rings. The van der Waals surface area contributed by atoms with E-state index in [9.17, 15) is 28.1 Å². The number of hydrogen-bond acceptors (Lipinski definition) is 7. The molecule has 1 amide bonds. The molecule has 0 aliphatic carbocycles. The van der Waals surface area contributed by atoms with Crippen LogP contribution in [0.25, 0.3) is 10.2 Å². The van der Waals surface area contributed by atoms with Crippen molar-refractivity contribution in [1.29, 1.82) is 0 Å². The summed E-state index contributed by atoms with van der Waals surface area (Å²) in [7, 11) is 0. The Kier molecular flexibility index (Phi) is 5.39. The molecule has 0 N–H and O–H groups in total. The number of alkyl halides is 3. The van der Waals surface area contributed by atoms with E-state index in [4.69, 9.17) is 0 Å². The van der Waals surface area contributed by atoms with Crippen molar-refractivity contribution in [3.05, 3.63) is 58.1 Å². The second-order valence-electron chi connectivity index (χ2n) is 6.76. The van der Waals surface area contributed by atoms with Gasteiger partial charge in [0.05, 0.1) is 15.1 Å². The number of fused-ring (bicyclic) bond motifs is 1. The first-order chi connectivity index (χ1) is 14.7. The monoisotopic (exact) mass is 452 g/mol. The summed E-state index contributed by atoms with van der Waals surface area (Å²) in [6.07, 6.45) is -4.76. The second-order valence-corrected chi connectivity index (χ2v) is 7.77. The number of amides is 1. The van der Waals surface area contributed by atoms with E-state index in [0.29, 0.717) is 41.5 Å². The highest BCUT2D eigenvalue weighted by molar-refractivity contribution is 7.22. The molecule has 4 rings (SSSR count). The Morgan fingerprint density at radius 1 is 1.13 bits per heavy atom. The van der Waals surface area contributed by atoms with Gasteiger partial charge in [-0.05, 0) is 18.2 Å². The number of piperazine rings is 1. The van der Waals surface area contributed by atoms with Crippen LogP contribution in [0.2, 0.25) is 0 Å². The molecule has 31 heavy (non-hydrogen) atoms. The van der Waals surface area contributed by atoms with E-state index in [1.165, 1.54) is 53.8 Å². The highest BCUT2D eigenvalue weighted by atomic mass is 32.1. The number of anilines is 1. The van der Waals surface area contributed by atoms with Gasteiger partial charge in [-0.3, -0.25) is 14.9 Å². The van der Waals surface area contributed by atoms with Gasteiger partial charge >= 0.3 is 6.36 Å². The lowest BCUT2D eigenvalue weighted by Crippen LogP contribution is -2.48. The maximum absolute atomic E-state index is 12.7. The zero-order chi connectivity index (χ0) is 22.2. The normalized spacial score (nSPS) is 14.7. The minimum absolute atomic E-state index is 0.146. The number of non-ortho nitro benzene ring substituents is 1. The predicted molar refractivity (Wildman–Crippen MR) is 108 cm³/mol. The highest BCUT2D eigenvalue weighted by Crippen LogP contribution is 2.33. The van der Waals surface area contributed by atoms with Crippen LogP contribution < -0.4 is 9.64 Å². The molecule has 1 saturated heterocycles. The van der Waals surface area contributed by atoms with Crippen molar-refractivity contribution in [3.63, 3.8) is 0 Å². The van der Waals surface area contributed by atoms with Crippen molar-refractivity contribution in [2.75, 3.05) is 31.1 Å². The van der Waals surface area contributed by atoms with Gasteiger partial charge in [-0.2, -0.15) is 0 Å². The SMILES string of the molecule is O=C(c1cccc([N+](=O)[O-])c1)N1CCN(c2nc3ccc(OC(F)(F)F)cc3s2)CC1. The van der Waals surface area contributed by atoms with Gasteiger partial charge in [0.2, 0.25) is 0 Å². The lowest BCUT2D eigenvalue weighted by Gasteiger charge is -2.34. The lowest BCUT2D eigenvalue weighted by atomic mass is 10.1. The van der Waals surface area contributed by atoms with Gasteiger partial charge in [-0.15, -0.1) is 13.2 Å². The smallest absolute Gasteiger partial charge is 0.406 e. The fourth-order valence-electron chi connectivity index (χ4n) is 3.26. The first-order valence-electron chi connectivity index (χ1n) is 9.15. The van der Waals surface area contributed by atoms with Gasteiger partial charge in [0, 0.05) is 49.9 Å². The lowest BCUT2D eigenvalue weighted by molar-refractivity contribution is -0.384. The van der Waals surface area contributed by atoms with Crippen LogP contribution in [0.3, 0.4) is 0 Å². The van der Waals surface area contributed by atoms with Crippen molar-refractivity contribution >= 4 is 38.3 Å². The molecule has 0 spiro atoms. The molecule has 8 nitrogen and oxygen atoms in total. The number of rotatable bonds is 4. The van der Waals surface area contributed by atoms with E-state index in [1.807, 2.05) is 4.90 Å². The Bertz CT molecular complexity index is 1140. The molecule has 1 fully saturated rings. The number of halogens is 3. The van der Waals surface area contributed by atoms with E-state index in [1.54, 1.807) is 4.90 Å². The number of benzene rings is 2. The summed E-state index contributed by atoms with van der Waals surface area (Å²) in [6, 6.07) is 9.57. The van der Waals surface area contributed by atoms with Crippen molar-refractivity contribution < 1.29 is 27.6 Å².